The molecule has 7 nitrogen and oxygen atoms in total. The van der Waals surface area contributed by atoms with E-state index in [0.29, 0.717) is 12.2 Å². The van der Waals surface area contributed by atoms with Crippen LogP contribution in [0.15, 0.2) is 23.3 Å². The van der Waals surface area contributed by atoms with Gasteiger partial charge in [-0.15, -0.1) is 0 Å². The Bertz CT molecular complexity index is 621. The maximum Gasteiger partial charge on any atom is 0.321 e. The third-order valence-corrected chi connectivity index (χ3v) is 2.69. The summed E-state index contributed by atoms with van der Waals surface area (Å²) in [7, 11) is 1.66. The lowest BCUT2D eigenvalue weighted by molar-refractivity contribution is 0.246. The van der Waals surface area contributed by atoms with E-state index in [1.165, 1.54) is 4.90 Å². The van der Waals surface area contributed by atoms with Crippen LogP contribution in [0.1, 0.15) is 5.56 Å². The average Bonchev–Trinajstić information content (AvgIpc) is 2.44. The van der Waals surface area contributed by atoms with Crippen molar-refractivity contribution in [1.29, 1.82) is 10.5 Å². The smallest absolute Gasteiger partial charge is 0.321 e. The highest BCUT2D eigenvalue weighted by molar-refractivity contribution is 6.10. The van der Waals surface area contributed by atoms with E-state index < -0.39 is 0 Å². The maximum atomic E-state index is 11.5. The van der Waals surface area contributed by atoms with Gasteiger partial charge in [0.2, 0.25) is 5.71 Å². The van der Waals surface area contributed by atoms with Gasteiger partial charge >= 0.3 is 6.03 Å². The Labute approximate surface area is 109 Å². The zero-order chi connectivity index (χ0) is 13.8. The van der Waals surface area contributed by atoms with Crippen LogP contribution < -0.4 is 15.6 Å². The lowest BCUT2D eigenvalue weighted by Gasteiger charge is -2.26. The van der Waals surface area contributed by atoms with Crippen LogP contribution in [0.3, 0.4) is 0 Å². The van der Waals surface area contributed by atoms with E-state index >= 15 is 0 Å². The summed E-state index contributed by atoms with van der Waals surface area (Å²) in [6, 6.07) is 8.48. The van der Waals surface area contributed by atoms with Crippen molar-refractivity contribution in [2.45, 2.75) is 6.54 Å². The van der Waals surface area contributed by atoms with Gasteiger partial charge in [-0.1, -0.05) is 6.07 Å². The molecular weight excluding hydrogens is 244 g/mol. The molecule has 94 valence electrons. The fourth-order valence-corrected chi connectivity index (χ4v) is 1.69. The molecule has 0 bridgehead atoms. The highest BCUT2D eigenvalue weighted by atomic mass is 16.2. The van der Waals surface area contributed by atoms with Crippen molar-refractivity contribution in [3.8, 4) is 12.1 Å². The van der Waals surface area contributed by atoms with Gasteiger partial charge in [0.05, 0.1) is 11.4 Å². The maximum absolute atomic E-state index is 11.5. The molecule has 7 heteroatoms. The van der Waals surface area contributed by atoms with Gasteiger partial charge in [-0.2, -0.15) is 15.6 Å². The van der Waals surface area contributed by atoms with Crippen LogP contribution in [0.25, 0.3) is 0 Å². The molecule has 0 radical (unpaired) electrons. The van der Waals surface area contributed by atoms with Crippen LogP contribution in [-0.2, 0) is 6.54 Å². The Hall–Kier alpha value is -3.06. The van der Waals surface area contributed by atoms with E-state index in [1.54, 1.807) is 31.3 Å². The molecule has 0 unspecified atom stereocenters. The molecule has 1 aliphatic heterocycles. The zero-order valence-corrected chi connectivity index (χ0v) is 10.1. The number of hydrazone groups is 1. The van der Waals surface area contributed by atoms with Gasteiger partial charge < -0.3 is 5.32 Å². The Kier molecular flexibility index (Phi) is 3.31. The van der Waals surface area contributed by atoms with Crippen LogP contribution in [0, 0.1) is 22.7 Å². The second kappa shape index (κ2) is 5.07. The van der Waals surface area contributed by atoms with Crippen LogP contribution in [0.2, 0.25) is 0 Å². The minimum absolute atomic E-state index is 0.178. The van der Waals surface area contributed by atoms with Gasteiger partial charge in [0, 0.05) is 13.6 Å². The second-order valence-electron chi connectivity index (χ2n) is 3.86. The first-order valence-electron chi connectivity index (χ1n) is 5.44. The zero-order valence-electron chi connectivity index (χ0n) is 10.1. The summed E-state index contributed by atoms with van der Waals surface area (Å²) in [4.78, 5) is 13.0. The van der Waals surface area contributed by atoms with Crippen molar-refractivity contribution >= 4 is 23.1 Å². The van der Waals surface area contributed by atoms with Gasteiger partial charge in [-0.3, -0.25) is 10.3 Å². The summed E-state index contributed by atoms with van der Waals surface area (Å²) in [6.45, 7) is 0.476. The SMILES string of the molecule is CN1C(=O)NCc2ccc(NN=C(C#N)C#N)cc21. The molecule has 19 heavy (non-hydrogen) atoms. The molecule has 1 aromatic carbocycles. The fraction of sp³-hybridized carbons (Fsp3) is 0.167. The lowest BCUT2D eigenvalue weighted by atomic mass is 10.1. The van der Waals surface area contributed by atoms with E-state index in [9.17, 15) is 4.79 Å². The molecule has 0 aromatic heterocycles. The number of carbonyl (C=O) groups excluding carboxylic acids is 1. The number of nitrogens with zero attached hydrogens (tertiary/aromatic N) is 4. The lowest BCUT2D eigenvalue weighted by Crippen LogP contribution is -2.41. The molecule has 0 aliphatic carbocycles. The Morgan fingerprint density at radius 3 is 2.89 bits per heavy atom. The van der Waals surface area contributed by atoms with Crippen LogP contribution in [0.5, 0.6) is 0 Å². The Morgan fingerprint density at radius 2 is 2.21 bits per heavy atom. The summed E-state index contributed by atoms with van der Waals surface area (Å²) in [5.74, 6) is 0. The molecule has 0 atom stereocenters. The summed E-state index contributed by atoms with van der Waals surface area (Å²) in [6.07, 6.45) is 0. The topological polar surface area (TPSA) is 104 Å². The van der Waals surface area contributed by atoms with Gasteiger partial charge in [0.1, 0.15) is 12.1 Å². The van der Waals surface area contributed by atoms with Crippen LogP contribution in [0.4, 0.5) is 16.2 Å². The fourth-order valence-electron chi connectivity index (χ4n) is 1.69. The minimum atomic E-state index is -0.260. The number of nitriles is 2. The Morgan fingerprint density at radius 1 is 1.47 bits per heavy atom. The van der Waals surface area contributed by atoms with Crippen LogP contribution >= 0.6 is 0 Å². The Balaban J connectivity index is 2.27. The monoisotopic (exact) mass is 254 g/mol. The third-order valence-electron chi connectivity index (χ3n) is 2.69. The first-order chi connectivity index (χ1) is 9.15. The second-order valence-corrected chi connectivity index (χ2v) is 3.86. The predicted molar refractivity (Wildman–Crippen MR) is 69.4 cm³/mol. The van der Waals surface area contributed by atoms with E-state index in [2.05, 4.69) is 15.8 Å². The summed E-state index contributed by atoms with van der Waals surface area (Å²) >= 11 is 0. The number of urea groups is 1. The summed E-state index contributed by atoms with van der Waals surface area (Å²) in [5.41, 5.74) is 4.70. The number of carbonyl (C=O) groups is 1. The van der Waals surface area contributed by atoms with Gasteiger partial charge in [-0.25, -0.2) is 4.79 Å². The average molecular weight is 254 g/mol. The molecule has 0 spiro atoms. The number of hydrogen-bond acceptors (Lipinski definition) is 5. The third kappa shape index (κ3) is 2.45. The highest BCUT2D eigenvalue weighted by Crippen LogP contribution is 2.26. The molecule has 2 rings (SSSR count). The molecule has 2 amide bonds. The molecule has 2 N–H and O–H groups in total. The summed E-state index contributed by atoms with van der Waals surface area (Å²) < 4.78 is 0. The first kappa shape index (κ1) is 12.4. The molecule has 1 heterocycles. The highest BCUT2D eigenvalue weighted by Gasteiger charge is 2.20. The number of amides is 2. The van der Waals surface area contributed by atoms with Gasteiger partial charge in [0.15, 0.2) is 0 Å². The number of hydrogen-bond donors (Lipinski definition) is 2. The first-order valence-corrected chi connectivity index (χ1v) is 5.44. The number of nitrogens with one attached hydrogen (secondary N) is 2. The van der Waals surface area contributed by atoms with E-state index in [1.807, 2.05) is 6.07 Å². The number of fused-ring (bicyclic) bond motifs is 1. The predicted octanol–water partition coefficient (Wildman–Crippen LogP) is 1.16. The number of anilines is 2. The van der Waals surface area contributed by atoms with Crippen molar-refractivity contribution in [2.75, 3.05) is 17.4 Å². The van der Waals surface area contributed by atoms with Crippen LogP contribution in [-0.4, -0.2) is 18.8 Å². The standard InChI is InChI=1S/C12H10N6O/c1-18-11-4-9(16-17-10(5-13)6-14)3-2-8(11)7-15-12(18)19/h2-4,16H,7H2,1H3,(H,15,19). The van der Waals surface area contributed by atoms with Crippen molar-refractivity contribution in [1.82, 2.24) is 5.32 Å². The van der Waals surface area contributed by atoms with Crippen molar-refractivity contribution < 1.29 is 4.79 Å². The number of benzene rings is 1. The van der Waals surface area contributed by atoms with Crippen molar-refractivity contribution in [3.05, 3.63) is 23.8 Å². The number of rotatable bonds is 2. The molecule has 0 fully saturated rings. The summed E-state index contributed by atoms with van der Waals surface area (Å²) in [5, 5.41) is 23.5. The molecule has 0 saturated carbocycles. The van der Waals surface area contributed by atoms with E-state index in [4.69, 9.17) is 10.5 Å². The molecular formula is C12H10N6O. The van der Waals surface area contributed by atoms with E-state index in [0.717, 1.165) is 11.3 Å². The van der Waals surface area contributed by atoms with Crippen molar-refractivity contribution in [3.63, 3.8) is 0 Å². The van der Waals surface area contributed by atoms with Gasteiger partial charge in [0.25, 0.3) is 0 Å². The quantitative estimate of drug-likeness (QED) is 0.610. The van der Waals surface area contributed by atoms with Crippen molar-refractivity contribution in [2.24, 2.45) is 5.10 Å². The van der Waals surface area contributed by atoms with Gasteiger partial charge in [-0.05, 0) is 17.7 Å². The molecule has 1 aromatic rings. The largest absolute Gasteiger partial charge is 0.334 e. The minimum Gasteiger partial charge on any atom is -0.334 e. The van der Waals surface area contributed by atoms with E-state index in [-0.39, 0.29) is 11.7 Å². The normalized spacial score (nSPS) is 12.6. The molecule has 0 saturated heterocycles. The molecule has 1 aliphatic rings.